The Hall–Kier alpha value is -0.900. The van der Waals surface area contributed by atoms with Gasteiger partial charge < -0.3 is 10.5 Å². The van der Waals surface area contributed by atoms with E-state index >= 15 is 0 Å². The van der Waals surface area contributed by atoms with E-state index in [-0.39, 0.29) is 0 Å². The highest BCUT2D eigenvalue weighted by Crippen LogP contribution is 2.03. The van der Waals surface area contributed by atoms with Gasteiger partial charge in [-0.15, -0.1) is 0 Å². The van der Waals surface area contributed by atoms with E-state index in [1.54, 1.807) is 0 Å². The number of nitrogens with two attached hydrogens (primary N) is 1. The van der Waals surface area contributed by atoms with Gasteiger partial charge in [-0.25, -0.2) is 0 Å². The van der Waals surface area contributed by atoms with Crippen LogP contribution in [-0.4, -0.2) is 37.7 Å². The lowest BCUT2D eigenvalue weighted by atomic mass is 10.2. The van der Waals surface area contributed by atoms with Gasteiger partial charge >= 0.3 is 0 Å². The van der Waals surface area contributed by atoms with E-state index in [9.17, 15) is 0 Å². The molecule has 0 saturated heterocycles. The molecule has 1 aromatic carbocycles. The summed E-state index contributed by atoms with van der Waals surface area (Å²) in [4.78, 5) is 2.35. The van der Waals surface area contributed by atoms with Crippen molar-refractivity contribution in [2.75, 3.05) is 32.8 Å². The SMILES string of the molecule is CCCCOCCN(CCN)Cc1ccccc1. The molecular weight excluding hydrogens is 224 g/mol. The Morgan fingerprint density at radius 3 is 2.56 bits per heavy atom. The second kappa shape index (κ2) is 10.1. The molecular formula is C15H26N2O. The Labute approximate surface area is 111 Å². The summed E-state index contributed by atoms with van der Waals surface area (Å²) in [5.41, 5.74) is 6.99. The summed E-state index contributed by atoms with van der Waals surface area (Å²) in [5.74, 6) is 0. The first-order valence-corrected chi connectivity index (χ1v) is 6.91. The molecule has 0 radical (unpaired) electrons. The maximum absolute atomic E-state index is 5.65. The van der Waals surface area contributed by atoms with Crippen molar-refractivity contribution >= 4 is 0 Å². The standard InChI is InChI=1S/C15H26N2O/c1-2-3-12-18-13-11-17(10-9-16)14-15-7-5-4-6-8-15/h4-8H,2-3,9-14,16H2,1H3. The fourth-order valence-corrected chi connectivity index (χ4v) is 1.84. The van der Waals surface area contributed by atoms with Crippen LogP contribution in [0.4, 0.5) is 0 Å². The van der Waals surface area contributed by atoms with E-state index < -0.39 is 0 Å². The number of benzene rings is 1. The van der Waals surface area contributed by atoms with Crippen LogP contribution in [0.2, 0.25) is 0 Å². The van der Waals surface area contributed by atoms with E-state index in [0.29, 0.717) is 6.54 Å². The van der Waals surface area contributed by atoms with E-state index in [1.165, 1.54) is 12.0 Å². The molecule has 0 aliphatic rings. The van der Waals surface area contributed by atoms with E-state index in [0.717, 1.165) is 39.3 Å². The van der Waals surface area contributed by atoms with Gasteiger partial charge in [0.15, 0.2) is 0 Å². The molecule has 1 rings (SSSR count). The maximum Gasteiger partial charge on any atom is 0.0593 e. The topological polar surface area (TPSA) is 38.5 Å². The number of nitrogens with zero attached hydrogens (tertiary/aromatic N) is 1. The molecule has 0 heterocycles. The monoisotopic (exact) mass is 250 g/mol. The van der Waals surface area contributed by atoms with Crippen LogP contribution in [0.15, 0.2) is 30.3 Å². The van der Waals surface area contributed by atoms with Crippen LogP contribution in [0.1, 0.15) is 25.3 Å². The van der Waals surface area contributed by atoms with E-state index in [2.05, 4.69) is 36.1 Å². The first-order chi connectivity index (χ1) is 8.86. The minimum atomic E-state index is 0.696. The lowest BCUT2D eigenvalue weighted by Crippen LogP contribution is -2.32. The molecule has 0 unspecified atom stereocenters. The smallest absolute Gasteiger partial charge is 0.0593 e. The molecule has 1 aromatic rings. The van der Waals surface area contributed by atoms with Crippen molar-refractivity contribution in [3.63, 3.8) is 0 Å². The van der Waals surface area contributed by atoms with Gasteiger partial charge in [0.1, 0.15) is 0 Å². The first kappa shape index (κ1) is 15.2. The summed E-state index contributed by atoms with van der Waals surface area (Å²) in [6, 6.07) is 10.5. The third kappa shape index (κ3) is 6.74. The summed E-state index contributed by atoms with van der Waals surface area (Å²) < 4.78 is 5.61. The lowest BCUT2D eigenvalue weighted by molar-refractivity contribution is 0.100. The molecule has 0 aliphatic carbocycles. The number of hydrogen-bond donors (Lipinski definition) is 1. The van der Waals surface area contributed by atoms with Gasteiger partial charge in [0.05, 0.1) is 6.61 Å². The number of rotatable bonds is 10. The van der Waals surface area contributed by atoms with Gasteiger partial charge in [-0.05, 0) is 12.0 Å². The third-order valence-electron chi connectivity index (χ3n) is 2.89. The Morgan fingerprint density at radius 2 is 1.89 bits per heavy atom. The summed E-state index contributed by atoms with van der Waals surface area (Å²) in [5, 5.41) is 0. The average Bonchev–Trinajstić information content (AvgIpc) is 2.40. The zero-order valence-electron chi connectivity index (χ0n) is 11.5. The molecule has 102 valence electrons. The molecule has 0 amide bonds. The van der Waals surface area contributed by atoms with Crippen LogP contribution in [0.25, 0.3) is 0 Å². The van der Waals surface area contributed by atoms with Crippen LogP contribution < -0.4 is 5.73 Å². The summed E-state index contributed by atoms with van der Waals surface area (Å²) in [6.07, 6.45) is 2.34. The van der Waals surface area contributed by atoms with Gasteiger partial charge in [-0.1, -0.05) is 43.7 Å². The maximum atomic E-state index is 5.65. The lowest BCUT2D eigenvalue weighted by Gasteiger charge is -2.21. The second-order valence-electron chi connectivity index (χ2n) is 4.52. The minimum absolute atomic E-state index is 0.696. The van der Waals surface area contributed by atoms with Crippen molar-refractivity contribution in [1.29, 1.82) is 0 Å². The quantitative estimate of drug-likeness (QED) is 0.647. The number of ether oxygens (including phenoxy) is 1. The highest BCUT2D eigenvalue weighted by Gasteiger charge is 2.04. The van der Waals surface area contributed by atoms with Gasteiger partial charge in [0, 0.05) is 32.8 Å². The van der Waals surface area contributed by atoms with Gasteiger partial charge in [-0.2, -0.15) is 0 Å². The largest absolute Gasteiger partial charge is 0.380 e. The van der Waals surface area contributed by atoms with Crippen LogP contribution in [0, 0.1) is 0 Å². The third-order valence-corrected chi connectivity index (χ3v) is 2.89. The summed E-state index contributed by atoms with van der Waals surface area (Å²) >= 11 is 0. The predicted octanol–water partition coefficient (Wildman–Crippen LogP) is 2.26. The Bertz CT molecular complexity index is 290. The molecule has 18 heavy (non-hydrogen) atoms. The molecule has 0 fully saturated rings. The van der Waals surface area contributed by atoms with Gasteiger partial charge in [0.25, 0.3) is 0 Å². The minimum Gasteiger partial charge on any atom is -0.380 e. The normalized spacial score (nSPS) is 11.1. The van der Waals surface area contributed by atoms with Gasteiger partial charge in [-0.3, -0.25) is 4.90 Å². The Kier molecular flexibility index (Phi) is 8.47. The molecule has 0 saturated carbocycles. The zero-order chi connectivity index (χ0) is 13.1. The predicted molar refractivity (Wildman–Crippen MR) is 76.5 cm³/mol. The second-order valence-corrected chi connectivity index (χ2v) is 4.52. The van der Waals surface area contributed by atoms with Crippen molar-refractivity contribution in [1.82, 2.24) is 4.90 Å². The van der Waals surface area contributed by atoms with Crippen LogP contribution in [0.5, 0.6) is 0 Å². The van der Waals surface area contributed by atoms with Gasteiger partial charge in [0.2, 0.25) is 0 Å². The fraction of sp³-hybridized carbons (Fsp3) is 0.600. The molecule has 2 N–H and O–H groups in total. The molecule has 0 spiro atoms. The Balaban J connectivity index is 2.26. The highest BCUT2D eigenvalue weighted by molar-refractivity contribution is 5.14. The molecule has 0 aliphatic heterocycles. The highest BCUT2D eigenvalue weighted by atomic mass is 16.5. The number of hydrogen-bond acceptors (Lipinski definition) is 3. The molecule has 0 atom stereocenters. The van der Waals surface area contributed by atoms with Crippen molar-refractivity contribution < 1.29 is 4.74 Å². The summed E-state index contributed by atoms with van der Waals surface area (Å²) in [6.45, 7) is 7.38. The molecule has 3 nitrogen and oxygen atoms in total. The van der Waals surface area contributed by atoms with Crippen LogP contribution in [0.3, 0.4) is 0 Å². The van der Waals surface area contributed by atoms with Crippen LogP contribution >= 0.6 is 0 Å². The fourth-order valence-electron chi connectivity index (χ4n) is 1.84. The molecule has 0 aromatic heterocycles. The van der Waals surface area contributed by atoms with Crippen molar-refractivity contribution in [3.8, 4) is 0 Å². The number of unbranched alkanes of at least 4 members (excludes halogenated alkanes) is 1. The zero-order valence-corrected chi connectivity index (χ0v) is 11.5. The van der Waals surface area contributed by atoms with E-state index in [1.807, 2.05) is 6.07 Å². The molecule has 3 heteroatoms. The average molecular weight is 250 g/mol. The Morgan fingerprint density at radius 1 is 1.11 bits per heavy atom. The van der Waals surface area contributed by atoms with Crippen molar-refractivity contribution in [2.24, 2.45) is 5.73 Å². The van der Waals surface area contributed by atoms with E-state index in [4.69, 9.17) is 10.5 Å². The van der Waals surface area contributed by atoms with Crippen molar-refractivity contribution in [2.45, 2.75) is 26.3 Å². The van der Waals surface area contributed by atoms with Crippen LogP contribution in [-0.2, 0) is 11.3 Å². The summed E-state index contributed by atoms with van der Waals surface area (Å²) in [7, 11) is 0. The van der Waals surface area contributed by atoms with Crippen molar-refractivity contribution in [3.05, 3.63) is 35.9 Å². The molecule has 0 bridgehead atoms. The first-order valence-electron chi connectivity index (χ1n) is 6.91.